The van der Waals surface area contributed by atoms with Gasteiger partial charge in [0.2, 0.25) is 5.91 Å². The van der Waals surface area contributed by atoms with E-state index in [-0.39, 0.29) is 23.9 Å². The van der Waals surface area contributed by atoms with Gasteiger partial charge in [-0.05, 0) is 38.5 Å². The molecule has 1 N–H and O–H groups in total. The lowest BCUT2D eigenvalue weighted by molar-refractivity contribution is -0.121. The lowest BCUT2D eigenvalue weighted by Gasteiger charge is -2.36. The quantitative estimate of drug-likeness (QED) is 0.915. The van der Waals surface area contributed by atoms with Gasteiger partial charge in [0.15, 0.2) is 0 Å². The second kappa shape index (κ2) is 8.10. The van der Waals surface area contributed by atoms with E-state index in [2.05, 4.69) is 5.32 Å². The molecule has 1 atom stereocenters. The first kappa shape index (κ1) is 18.2. The van der Waals surface area contributed by atoms with Gasteiger partial charge in [0.1, 0.15) is 5.82 Å². The van der Waals surface area contributed by atoms with Crippen LogP contribution in [0.3, 0.4) is 0 Å². The van der Waals surface area contributed by atoms with Crippen LogP contribution in [-0.2, 0) is 9.53 Å². The Labute approximate surface area is 141 Å². The molecule has 1 aromatic rings. The zero-order valence-corrected chi connectivity index (χ0v) is 14.3. The maximum absolute atomic E-state index is 13.6. The largest absolute Gasteiger partial charge is 0.450 e. The van der Waals surface area contributed by atoms with E-state index in [4.69, 9.17) is 4.74 Å². The van der Waals surface area contributed by atoms with Crippen LogP contribution in [0.5, 0.6) is 0 Å². The minimum absolute atomic E-state index is 0.192. The molecule has 0 unspecified atom stereocenters. The van der Waals surface area contributed by atoms with Crippen LogP contribution in [0.15, 0.2) is 18.2 Å². The Bertz CT molecular complexity index is 601. The predicted octanol–water partition coefficient (Wildman–Crippen LogP) is 2.24. The van der Waals surface area contributed by atoms with Crippen molar-refractivity contribution in [2.75, 3.05) is 38.1 Å². The first-order chi connectivity index (χ1) is 11.4. The van der Waals surface area contributed by atoms with Gasteiger partial charge in [0.25, 0.3) is 0 Å². The Morgan fingerprint density at radius 2 is 1.96 bits per heavy atom. The van der Waals surface area contributed by atoms with E-state index < -0.39 is 0 Å². The number of anilines is 1. The highest BCUT2D eigenvalue weighted by Gasteiger charge is 2.28. The number of hydrogen-bond acceptors (Lipinski definition) is 4. The molecule has 7 heteroatoms. The third kappa shape index (κ3) is 4.44. The molecule has 6 nitrogen and oxygen atoms in total. The molecule has 2 amide bonds. The van der Waals surface area contributed by atoms with E-state index >= 15 is 0 Å². The predicted molar refractivity (Wildman–Crippen MR) is 89.4 cm³/mol. The highest BCUT2D eigenvalue weighted by Crippen LogP contribution is 2.15. The van der Waals surface area contributed by atoms with E-state index in [0.29, 0.717) is 44.0 Å². The number of piperazine rings is 1. The van der Waals surface area contributed by atoms with Crippen molar-refractivity contribution < 1.29 is 18.7 Å². The summed E-state index contributed by atoms with van der Waals surface area (Å²) < 4.78 is 18.5. The molecule has 1 aromatic carbocycles. The van der Waals surface area contributed by atoms with Crippen molar-refractivity contribution in [3.05, 3.63) is 29.6 Å². The molecule has 1 aliphatic rings. The Hall–Kier alpha value is -2.15. The first-order valence-corrected chi connectivity index (χ1v) is 8.15. The molecule has 2 rings (SSSR count). The number of nitrogens with one attached hydrogen (secondary N) is 1. The summed E-state index contributed by atoms with van der Waals surface area (Å²) in [6.45, 7) is 7.84. The van der Waals surface area contributed by atoms with Crippen LogP contribution < -0.4 is 5.32 Å². The van der Waals surface area contributed by atoms with Crippen LogP contribution in [0, 0.1) is 12.7 Å². The Kier molecular flexibility index (Phi) is 6.14. The number of nitrogens with zero attached hydrogens (tertiary/aromatic N) is 2. The number of halogens is 1. The van der Waals surface area contributed by atoms with Gasteiger partial charge in [0.05, 0.1) is 12.6 Å². The van der Waals surface area contributed by atoms with Crippen molar-refractivity contribution in [2.24, 2.45) is 0 Å². The van der Waals surface area contributed by atoms with Gasteiger partial charge in [-0.2, -0.15) is 0 Å². The number of aryl methyl sites for hydroxylation is 1. The number of benzene rings is 1. The summed E-state index contributed by atoms with van der Waals surface area (Å²) in [7, 11) is 0. The molecule has 1 aliphatic heterocycles. The molecule has 0 bridgehead atoms. The van der Waals surface area contributed by atoms with Gasteiger partial charge in [-0.15, -0.1) is 0 Å². The summed E-state index contributed by atoms with van der Waals surface area (Å²) in [4.78, 5) is 27.7. The summed E-state index contributed by atoms with van der Waals surface area (Å²) in [5.41, 5.74) is 0.983. The number of amides is 2. The highest BCUT2D eigenvalue weighted by molar-refractivity contribution is 5.94. The summed E-state index contributed by atoms with van der Waals surface area (Å²) in [6.07, 6.45) is -0.315. The molecule has 1 saturated heterocycles. The van der Waals surface area contributed by atoms with Crippen molar-refractivity contribution in [1.82, 2.24) is 9.80 Å². The third-order valence-electron chi connectivity index (χ3n) is 4.21. The van der Waals surface area contributed by atoms with E-state index in [9.17, 15) is 14.0 Å². The van der Waals surface area contributed by atoms with E-state index in [0.717, 1.165) is 0 Å². The fourth-order valence-corrected chi connectivity index (χ4v) is 2.59. The molecular weight excluding hydrogens is 313 g/mol. The lowest BCUT2D eigenvalue weighted by atomic mass is 10.2. The standard InChI is InChI=1S/C17H24FN3O3/c1-4-24-17(23)21-9-7-20(8-10-21)13(3)16(22)19-14-6-5-12(2)15(18)11-14/h5-6,11,13H,4,7-10H2,1-3H3,(H,19,22)/t13-/m1/s1. The molecule has 0 radical (unpaired) electrons. The average molecular weight is 337 g/mol. The van der Waals surface area contributed by atoms with Crippen molar-refractivity contribution in [3.63, 3.8) is 0 Å². The van der Waals surface area contributed by atoms with Gasteiger partial charge in [0, 0.05) is 31.9 Å². The monoisotopic (exact) mass is 337 g/mol. The topological polar surface area (TPSA) is 61.9 Å². The van der Waals surface area contributed by atoms with Crippen molar-refractivity contribution in [1.29, 1.82) is 0 Å². The molecule has 1 fully saturated rings. The number of rotatable bonds is 4. The molecule has 1 heterocycles. The van der Waals surface area contributed by atoms with Crippen molar-refractivity contribution >= 4 is 17.7 Å². The maximum atomic E-state index is 13.6. The zero-order valence-electron chi connectivity index (χ0n) is 14.3. The maximum Gasteiger partial charge on any atom is 0.409 e. The number of carbonyl (C=O) groups is 2. The van der Waals surface area contributed by atoms with Crippen LogP contribution in [0.1, 0.15) is 19.4 Å². The SMILES string of the molecule is CCOC(=O)N1CCN([C@H](C)C(=O)Nc2ccc(C)c(F)c2)CC1. The molecule has 0 aliphatic carbocycles. The van der Waals surface area contributed by atoms with Gasteiger partial charge in [-0.3, -0.25) is 9.69 Å². The third-order valence-corrected chi connectivity index (χ3v) is 4.21. The summed E-state index contributed by atoms with van der Waals surface area (Å²) in [5.74, 6) is -0.536. The molecule has 0 aromatic heterocycles. The van der Waals surface area contributed by atoms with Crippen LogP contribution in [-0.4, -0.2) is 60.6 Å². The number of ether oxygens (including phenoxy) is 1. The molecule has 132 valence electrons. The molecule has 0 spiro atoms. The fraction of sp³-hybridized carbons (Fsp3) is 0.529. The minimum Gasteiger partial charge on any atom is -0.450 e. The summed E-state index contributed by atoms with van der Waals surface area (Å²) in [5, 5.41) is 2.74. The Morgan fingerprint density at radius 1 is 1.29 bits per heavy atom. The van der Waals surface area contributed by atoms with Gasteiger partial charge in [-0.1, -0.05) is 6.07 Å². The smallest absolute Gasteiger partial charge is 0.409 e. The van der Waals surface area contributed by atoms with Crippen molar-refractivity contribution in [2.45, 2.75) is 26.8 Å². The van der Waals surface area contributed by atoms with E-state index in [1.807, 2.05) is 4.90 Å². The minimum atomic E-state index is -0.362. The number of carbonyl (C=O) groups excluding carboxylic acids is 2. The van der Waals surface area contributed by atoms with Gasteiger partial charge < -0.3 is 15.0 Å². The van der Waals surface area contributed by atoms with E-state index in [1.54, 1.807) is 37.8 Å². The fourth-order valence-electron chi connectivity index (χ4n) is 2.59. The highest BCUT2D eigenvalue weighted by atomic mass is 19.1. The summed E-state index contributed by atoms with van der Waals surface area (Å²) >= 11 is 0. The van der Waals surface area contributed by atoms with Crippen LogP contribution in [0.2, 0.25) is 0 Å². The van der Waals surface area contributed by atoms with Gasteiger partial charge in [-0.25, -0.2) is 9.18 Å². The normalized spacial score (nSPS) is 16.6. The lowest BCUT2D eigenvalue weighted by Crippen LogP contribution is -2.54. The Balaban J connectivity index is 1.87. The van der Waals surface area contributed by atoms with E-state index in [1.165, 1.54) is 6.07 Å². The van der Waals surface area contributed by atoms with Crippen LogP contribution >= 0.6 is 0 Å². The molecule has 24 heavy (non-hydrogen) atoms. The molecular formula is C17H24FN3O3. The Morgan fingerprint density at radius 3 is 2.54 bits per heavy atom. The number of hydrogen-bond donors (Lipinski definition) is 1. The van der Waals surface area contributed by atoms with Crippen LogP contribution in [0.25, 0.3) is 0 Å². The first-order valence-electron chi connectivity index (χ1n) is 8.15. The average Bonchev–Trinajstić information content (AvgIpc) is 2.58. The summed E-state index contributed by atoms with van der Waals surface area (Å²) in [6, 6.07) is 4.27. The zero-order chi connectivity index (χ0) is 17.7. The van der Waals surface area contributed by atoms with Crippen molar-refractivity contribution in [3.8, 4) is 0 Å². The second-order valence-electron chi connectivity index (χ2n) is 5.85. The second-order valence-corrected chi connectivity index (χ2v) is 5.85. The molecule has 0 saturated carbocycles. The van der Waals surface area contributed by atoms with Gasteiger partial charge >= 0.3 is 6.09 Å². The van der Waals surface area contributed by atoms with Crippen LogP contribution in [0.4, 0.5) is 14.9 Å².